The van der Waals surface area contributed by atoms with Crippen molar-refractivity contribution in [2.45, 2.75) is 0 Å². The highest BCUT2D eigenvalue weighted by molar-refractivity contribution is 6.03. The van der Waals surface area contributed by atoms with Crippen LogP contribution in [0, 0.1) is 17.1 Å². The number of nitrogens with one attached hydrogen (secondary N) is 3. The second kappa shape index (κ2) is 6.79. The fourth-order valence-corrected chi connectivity index (χ4v) is 2.35. The third kappa shape index (κ3) is 3.67. The molecule has 0 saturated heterocycles. The van der Waals surface area contributed by atoms with Gasteiger partial charge >= 0.3 is 6.03 Å². The Labute approximate surface area is 138 Å². The topological polar surface area (TPSA) is 89.3 Å². The van der Waals surface area contributed by atoms with E-state index in [9.17, 15) is 9.18 Å². The van der Waals surface area contributed by atoms with Crippen molar-refractivity contribution in [2.24, 2.45) is 4.99 Å². The zero-order valence-electron chi connectivity index (χ0n) is 12.6. The number of rotatable bonds is 3. The lowest BCUT2D eigenvalue weighted by Crippen LogP contribution is -2.22. The number of aliphatic imine (C=N–C) groups is 1. The van der Waals surface area contributed by atoms with Gasteiger partial charge in [0, 0.05) is 23.5 Å². The van der Waals surface area contributed by atoms with Gasteiger partial charge in [-0.3, -0.25) is 4.99 Å². The van der Waals surface area contributed by atoms with Gasteiger partial charge in [-0.05, 0) is 36.4 Å². The zero-order valence-corrected chi connectivity index (χ0v) is 12.6. The van der Waals surface area contributed by atoms with Crippen molar-refractivity contribution in [2.75, 3.05) is 23.7 Å². The Kier molecular flexibility index (Phi) is 4.38. The molecule has 0 fully saturated rings. The van der Waals surface area contributed by atoms with Crippen molar-refractivity contribution in [3.8, 4) is 6.07 Å². The van der Waals surface area contributed by atoms with Crippen LogP contribution in [0.2, 0.25) is 0 Å². The minimum Gasteiger partial charge on any atom is -0.368 e. The number of nitriles is 1. The maximum absolute atomic E-state index is 13.8. The number of hydrogen-bond donors (Lipinski definition) is 3. The lowest BCUT2D eigenvalue weighted by Gasteiger charge is -2.10. The number of amidine groups is 1. The lowest BCUT2D eigenvalue weighted by molar-refractivity contribution is 0.262. The lowest BCUT2D eigenvalue weighted by atomic mass is 10.1. The van der Waals surface area contributed by atoms with E-state index >= 15 is 0 Å². The van der Waals surface area contributed by atoms with Crippen molar-refractivity contribution in [1.29, 1.82) is 5.26 Å². The summed E-state index contributed by atoms with van der Waals surface area (Å²) in [7, 11) is 0. The molecular formula is C17H14FN5O. The van der Waals surface area contributed by atoms with Crippen LogP contribution in [0.4, 0.5) is 20.6 Å². The van der Waals surface area contributed by atoms with E-state index in [4.69, 9.17) is 5.26 Å². The van der Waals surface area contributed by atoms with E-state index < -0.39 is 11.8 Å². The third-order valence-corrected chi connectivity index (χ3v) is 3.35. The number of carbonyl (C=O) groups is 1. The Morgan fingerprint density at radius 3 is 2.79 bits per heavy atom. The average molecular weight is 323 g/mol. The number of urea groups is 1. The van der Waals surface area contributed by atoms with E-state index in [1.54, 1.807) is 30.3 Å². The van der Waals surface area contributed by atoms with E-state index in [0.717, 1.165) is 0 Å². The molecule has 0 unspecified atom stereocenters. The number of nitrogens with zero attached hydrogens (tertiary/aromatic N) is 2. The van der Waals surface area contributed by atoms with Gasteiger partial charge in [-0.1, -0.05) is 6.07 Å². The minimum absolute atomic E-state index is 0.315. The number of hydrogen-bond acceptors (Lipinski definition) is 4. The van der Waals surface area contributed by atoms with Crippen LogP contribution >= 0.6 is 0 Å². The molecule has 24 heavy (non-hydrogen) atoms. The average Bonchev–Trinajstić information content (AvgIpc) is 3.09. The zero-order chi connectivity index (χ0) is 16.9. The Morgan fingerprint density at radius 1 is 1.21 bits per heavy atom. The number of benzene rings is 2. The SMILES string of the molecule is N#Cc1cccc(NC(=O)Nc2cc(F)cc(C3=NCCN3)c2)c1. The maximum atomic E-state index is 13.8. The summed E-state index contributed by atoms with van der Waals surface area (Å²) in [5.41, 5.74) is 1.81. The molecular weight excluding hydrogens is 309 g/mol. The smallest absolute Gasteiger partial charge is 0.323 e. The van der Waals surface area contributed by atoms with Crippen molar-refractivity contribution in [1.82, 2.24) is 5.32 Å². The van der Waals surface area contributed by atoms with Crippen molar-refractivity contribution >= 4 is 23.2 Å². The monoisotopic (exact) mass is 323 g/mol. The number of amides is 2. The molecule has 0 radical (unpaired) electrons. The predicted octanol–water partition coefficient (Wildman–Crippen LogP) is 2.69. The summed E-state index contributed by atoms with van der Waals surface area (Å²) in [5.74, 6) is 0.144. The number of halogens is 1. The van der Waals surface area contributed by atoms with Gasteiger partial charge < -0.3 is 16.0 Å². The molecule has 1 heterocycles. The maximum Gasteiger partial charge on any atom is 0.323 e. The molecule has 120 valence electrons. The highest BCUT2D eigenvalue weighted by Crippen LogP contribution is 2.16. The van der Waals surface area contributed by atoms with Gasteiger partial charge in [0.05, 0.1) is 18.2 Å². The highest BCUT2D eigenvalue weighted by Gasteiger charge is 2.12. The Hall–Kier alpha value is -3.40. The standard InChI is InChI=1S/C17H14FN5O/c18-13-7-12(16-20-4-5-21-16)8-15(9-13)23-17(24)22-14-3-1-2-11(6-14)10-19/h1-3,6-9H,4-5H2,(H,20,21)(H2,22,23,24). The van der Waals surface area contributed by atoms with Crippen molar-refractivity contribution in [3.05, 3.63) is 59.4 Å². The van der Waals surface area contributed by atoms with Crippen molar-refractivity contribution < 1.29 is 9.18 Å². The molecule has 0 bridgehead atoms. The van der Waals surface area contributed by atoms with Gasteiger partial charge in [0.25, 0.3) is 0 Å². The summed E-state index contributed by atoms with van der Waals surface area (Å²) < 4.78 is 13.8. The molecule has 7 heteroatoms. The van der Waals surface area contributed by atoms with E-state index in [1.807, 2.05) is 6.07 Å². The molecule has 2 aromatic carbocycles. The first kappa shape index (κ1) is 15.5. The van der Waals surface area contributed by atoms with Crippen molar-refractivity contribution in [3.63, 3.8) is 0 Å². The quantitative estimate of drug-likeness (QED) is 0.811. The fraction of sp³-hybridized carbons (Fsp3) is 0.118. The first-order chi connectivity index (χ1) is 11.6. The van der Waals surface area contributed by atoms with Gasteiger partial charge in [-0.2, -0.15) is 5.26 Å². The summed E-state index contributed by atoms with van der Waals surface area (Å²) in [4.78, 5) is 16.3. The fourth-order valence-electron chi connectivity index (χ4n) is 2.35. The molecule has 0 aromatic heterocycles. The van der Waals surface area contributed by atoms with E-state index in [0.29, 0.717) is 41.4 Å². The van der Waals surface area contributed by atoms with Gasteiger partial charge in [0.2, 0.25) is 0 Å². The molecule has 1 aliphatic heterocycles. The molecule has 2 amide bonds. The number of anilines is 2. The minimum atomic E-state index is -0.525. The van der Waals surface area contributed by atoms with Gasteiger partial charge in [0.15, 0.2) is 0 Å². The molecule has 0 atom stereocenters. The summed E-state index contributed by atoms with van der Waals surface area (Å²) in [6, 6.07) is 12.2. The highest BCUT2D eigenvalue weighted by atomic mass is 19.1. The normalized spacial score (nSPS) is 12.8. The Morgan fingerprint density at radius 2 is 2.04 bits per heavy atom. The third-order valence-electron chi connectivity index (χ3n) is 3.35. The van der Waals surface area contributed by atoms with Gasteiger partial charge in [-0.15, -0.1) is 0 Å². The largest absolute Gasteiger partial charge is 0.368 e. The Balaban J connectivity index is 1.73. The molecule has 1 aliphatic rings. The predicted molar refractivity (Wildman–Crippen MR) is 89.6 cm³/mol. The van der Waals surface area contributed by atoms with E-state index in [1.165, 1.54) is 12.1 Å². The second-order valence-electron chi connectivity index (χ2n) is 5.16. The molecule has 3 N–H and O–H groups in total. The second-order valence-corrected chi connectivity index (χ2v) is 5.16. The van der Waals surface area contributed by atoms with Crippen LogP contribution < -0.4 is 16.0 Å². The van der Waals surface area contributed by atoms with Crippen LogP contribution in [0.25, 0.3) is 0 Å². The van der Waals surface area contributed by atoms with Gasteiger partial charge in [0.1, 0.15) is 11.7 Å². The van der Waals surface area contributed by atoms with E-state index in [2.05, 4.69) is 20.9 Å². The first-order valence-corrected chi connectivity index (χ1v) is 7.31. The summed E-state index contributed by atoms with van der Waals surface area (Å²) in [6.45, 7) is 1.36. The van der Waals surface area contributed by atoms with Gasteiger partial charge in [-0.25, -0.2) is 9.18 Å². The van der Waals surface area contributed by atoms with E-state index in [-0.39, 0.29) is 0 Å². The molecule has 0 spiro atoms. The summed E-state index contributed by atoms with van der Waals surface area (Å²) >= 11 is 0. The van der Waals surface area contributed by atoms with Crippen LogP contribution in [0.1, 0.15) is 11.1 Å². The molecule has 3 rings (SSSR count). The first-order valence-electron chi connectivity index (χ1n) is 7.31. The van der Waals surface area contributed by atoms with Crippen LogP contribution in [0.15, 0.2) is 47.5 Å². The molecule has 0 saturated carbocycles. The van der Waals surface area contributed by atoms with Crippen LogP contribution in [0.3, 0.4) is 0 Å². The van der Waals surface area contributed by atoms with Crippen LogP contribution in [-0.4, -0.2) is 25.0 Å². The molecule has 6 nitrogen and oxygen atoms in total. The Bertz CT molecular complexity index is 856. The van der Waals surface area contributed by atoms with Crippen LogP contribution in [-0.2, 0) is 0 Å². The molecule has 2 aromatic rings. The number of carbonyl (C=O) groups excluding carboxylic acids is 1. The summed E-state index contributed by atoms with van der Waals surface area (Å²) in [5, 5.41) is 17.1. The van der Waals surface area contributed by atoms with Crippen LogP contribution in [0.5, 0.6) is 0 Å². The summed E-state index contributed by atoms with van der Waals surface area (Å²) in [6.07, 6.45) is 0. The molecule has 0 aliphatic carbocycles.